The van der Waals surface area contributed by atoms with Crippen molar-refractivity contribution in [1.29, 1.82) is 0 Å². The Labute approximate surface area is 200 Å². The lowest BCUT2D eigenvalue weighted by molar-refractivity contribution is -0.141. The molecule has 0 aliphatic heterocycles. The maximum atomic E-state index is 13.2. The first-order chi connectivity index (χ1) is 16.3. The number of carbonyl (C=O) groups is 2. The second kappa shape index (κ2) is 12.0. The monoisotopic (exact) mass is 491 g/mol. The van der Waals surface area contributed by atoms with Gasteiger partial charge in [-0.1, -0.05) is 26.2 Å². The largest absolute Gasteiger partial charge is 0.497 e. The Kier molecular flexibility index (Phi) is 9.12. The van der Waals surface area contributed by atoms with E-state index in [0.29, 0.717) is 17.9 Å². The van der Waals surface area contributed by atoms with E-state index in [-0.39, 0.29) is 23.4 Å². The van der Waals surface area contributed by atoms with Crippen LogP contribution < -0.4 is 14.8 Å². The van der Waals surface area contributed by atoms with Gasteiger partial charge in [-0.05, 0) is 55.7 Å². The number of hydrogen-bond donors (Lipinski definition) is 2. The van der Waals surface area contributed by atoms with E-state index in [1.807, 2.05) is 6.92 Å². The maximum absolute atomic E-state index is 13.2. The molecule has 2 N–H and O–H groups in total. The zero-order valence-electron chi connectivity index (χ0n) is 19.7. The highest BCUT2D eigenvalue weighted by Gasteiger charge is 2.31. The van der Waals surface area contributed by atoms with Crippen LogP contribution in [0.25, 0.3) is 0 Å². The van der Waals surface area contributed by atoms with Crippen molar-refractivity contribution < 1.29 is 27.2 Å². The van der Waals surface area contributed by atoms with E-state index in [1.165, 1.54) is 49.0 Å². The van der Waals surface area contributed by atoms with Crippen LogP contribution in [0.1, 0.15) is 51.2 Å². The molecule has 9 nitrogen and oxygen atoms in total. The fourth-order valence-electron chi connectivity index (χ4n) is 4.13. The number of methoxy groups -OCH3 is 1. The molecule has 3 rings (SSSR count). The minimum atomic E-state index is -3.93. The lowest BCUT2D eigenvalue weighted by atomic mass is 9.95. The number of sulfonamides is 1. The summed E-state index contributed by atoms with van der Waals surface area (Å²) in [5, 5.41) is 3.08. The number of carbonyl (C=O) groups excluding carboxylic acids is 2. The molecule has 1 saturated carbocycles. The van der Waals surface area contributed by atoms with Crippen LogP contribution in [0.5, 0.6) is 5.75 Å². The molecule has 34 heavy (non-hydrogen) atoms. The summed E-state index contributed by atoms with van der Waals surface area (Å²) in [6.45, 7) is 1.41. The van der Waals surface area contributed by atoms with E-state index in [0.717, 1.165) is 25.7 Å². The van der Waals surface area contributed by atoms with Gasteiger partial charge < -0.3 is 19.4 Å². The lowest BCUT2D eigenvalue weighted by Gasteiger charge is -2.32. The van der Waals surface area contributed by atoms with Gasteiger partial charge in [0.1, 0.15) is 17.6 Å². The Hall–Kier alpha value is -2.85. The minimum Gasteiger partial charge on any atom is -0.497 e. The molecule has 0 saturated heterocycles. The molecule has 1 aliphatic rings. The number of ether oxygens (including phenoxy) is 1. The Morgan fingerprint density at radius 1 is 1.15 bits per heavy atom. The topological polar surface area (TPSA) is 118 Å². The zero-order valence-corrected chi connectivity index (χ0v) is 20.5. The number of rotatable bonds is 11. The predicted molar refractivity (Wildman–Crippen MR) is 127 cm³/mol. The first kappa shape index (κ1) is 25.8. The number of benzene rings is 1. The number of nitrogens with one attached hydrogen (secondary N) is 2. The smallest absolute Gasteiger partial charge is 0.243 e. The number of hydrogen-bond acceptors (Lipinski definition) is 6. The first-order valence-electron chi connectivity index (χ1n) is 11.6. The molecule has 0 spiro atoms. The number of amides is 2. The molecule has 10 heteroatoms. The molecular weight excluding hydrogens is 458 g/mol. The summed E-state index contributed by atoms with van der Waals surface area (Å²) in [7, 11) is -2.44. The molecule has 2 aromatic rings. The van der Waals surface area contributed by atoms with Gasteiger partial charge in [0.2, 0.25) is 21.8 Å². The molecule has 1 heterocycles. The Morgan fingerprint density at radius 3 is 2.44 bits per heavy atom. The van der Waals surface area contributed by atoms with Crippen molar-refractivity contribution >= 4 is 21.8 Å². The summed E-state index contributed by atoms with van der Waals surface area (Å²) in [5.74, 6) is 0.288. The molecule has 1 fully saturated rings. The van der Waals surface area contributed by atoms with Crippen LogP contribution in [-0.4, -0.2) is 50.9 Å². The van der Waals surface area contributed by atoms with Crippen LogP contribution in [0.3, 0.4) is 0 Å². The average molecular weight is 492 g/mol. The van der Waals surface area contributed by atoms with E-state index >= 15 is 0 Å². The van der Waals surface area contributed by atoms with Gasteiger partial charge in [-0.15, -0.1) is 0 Å². The Balaban J connectivity index is 1.72. The molecule has 1 atom stereocenters. The van der Waals surface area contributed by atoms with Crippen LogP contribution >= 0.6 is 0 Å². The van der Waals surface area contributed by atoms with E-state index in [1.54, 1.807) is 12.1 Å². The van der Waals surface area contributed by atoms with Crippen molar-refractivity contribution in [2.45, 2.75) is 69.0 Å². The first-order valence-corrected chi connectivity index (χ1v) is 13.1. The minimum absolute atomic E-state index is 0.0146. The standard InChI is InChI=1S/C24H33N3O6S/c1-3-22(24(29)26-18-8-5-4-6-9-18)27(17-20-10-7-15-33-20)23(28)16-25-34(30,31)21-13-11-19(32-2)12-14-21/h7,10-15,18,22,25H,3-6,8-9,16-17H2,1-2H3,(H,26,29)/t22-/m0/s1. The molecule has 1 aromatic heterocycles. The Bertz CT molecular complexity index is 1030. The van der Waals surface area contributed by atoms with E-state index in [4.69, 9.17) is 9.15 Å². The van der Waals surface area contributed by atoms with Gasteiger partial charge in [0.15, 0.2) is 0 Å². The second-order valence-electron chi connectivity index (χ2n) is 8.37. The molecule has 0 bridgehead atoms. The normalized spacial score (nSPS) is 15.5. The summed E-state index contributed by atoms with van der Waals surface area (Å²) >= 11 is 0. The molecule has 1 aromatic carbocycles. The van der Waals surface area contributed by atoms with E-state index in [9.17, 15) is 18.0 Å². The number of nitrogens with zero attached hydrogens (tertiary/aromatic N) is 1. The van der Waals surface area contributed by atoms with Crippen LogP contribution in [-0.2, 0) is 26.2 Å². The summed E-state index contributed by atoms with van der Waals surface area (Å²) in [6, 6.07) is 8.64. The molecule has 2 amide bonds. The van der Waals surface area contributed by atoms with Crippen molar-refractivity contribution in [2.75, 3.05) is 13.7 Å². The van der Waals surface area contributed by atoms with Crippen molar-refractivity contribution in [2.24, 2.45) is 0 Å². The quantitative estimate of drug-likeness (QED) is 0.499. The van der Waals surface area contributed by atoms with Gasteiger partial charge >= 0.3 is 0 Å². The fraction of sp³-hybridized carbons (Fsp3) is 0.500. The highest BCUT2D eigenvalue weighted by Crippen LogP contribution is 2.19. The van der Waals surface area contributed by atoms with Crippen LogP contribution in [0.4, 0.5) is 0 Å². The molecule has 1 aliphatic carbocycles. The van der Waals surface area contributed by atoms with Crippen molar-refractivity contribution in [1.82, 2.24) is 14.9 Å². The second-order valence-corrected chi connectivity index (χ2v) is 10.1. The van der Waals surface area contributed by atoms with Crippen LogP contribution in [0.2, 0.25) is 0 Å². The summed E-state index contributed by atoms with van der Waals surface area (Å²) < 4.78 is 38.2. The fourth-order valence-corrected chi connectivity index (χ4v) is 5.11. The van der Waals surface area contributed by atoms with Crippen molar-refractivity contribution in [3.8, 4) is 5.75 Å². The number of furan rings is 1. The van der Waals surface area contributed by atoms with Gasteiger partial charge in [0.05, 0.1) is 31.4 Å². The summed E-state index contributed by atoms with van der Waals surface area (Å²) in [4.78, 5) is 27.7. The molecule has 0 unspecified atom stereocenters. The molecule has 0 radical (unpaired) electrons. The zero-order chi connectivity index (χ0) is 24.6. The highest BCUT2D eigenvalue weighted by molar-refractivity contribution is 7.89. The average Bonchev–Trinajstić information content (AvgIpc) is 3.36. The van der Waals surface area contributed by atoms with Crippen molar-refractivity contribution in [3.63, 3.8) is 0 Å². The van der Waals surface area contributed by atoms with E-state index < -0.39 is 28.5 Å². The lowest BCUT2D eigenvalue weighted by Crippen LogP contribution is -2.53. The van der Waals surface area contributed by atoms with Crippen LogP contribution in [0.15, 0.2) is 52.0 Å². The Morgan fingerprint density at radius 2 is 1.85 bits per heavy atom. The van der Waals surface area contributed by atoms with Crippen LogP contribution in [0, 0.1) is 0 Å². The SMILES string of the molecule is CC[C@@H](C(=O)NC1CCCCC1)N(Cc1ccco1)C(=O)CNS(=O)(=O)c1ccc(OC)cc1. The third-order valence-electron chi connectivity index (χ3n) is 6.03. The predicted octanol–water partition coefficient (Wildman–Crippen LogP) is 2.82. The van der Waals surface area contributed by atoms with Gasteiger partial charge in [-0.3, -0.25) is 9.59 Å². The third-order valence-corrected chi connectivity index (χ3v) is 7.44. The summed E-state index contributed by atoms with van der Waals surface area (Å²) in [5.41, 5.74) is 0. The van der Waals surface area contributed by atoms with Gasteiger partial charge in [0.25, 0.3) is 0 Å². The van der Waals surface area contributed by atoms with Crippen molar-refractivity contribution in [3.05, 3.63) is 48.4 Å². The van der Waals surface area contributed by atoms with E-state index in [2.05, 4.69) is 10.0 Å². The van der Waals surface area contributed by atoms with Gasteiger partial charge in [0, 0.05) is 6.04 Å². The highest BCUT2D eigenvalue weighted by atomic mass is 32.2. The molecule has 186 valence electrons. The van der Waals surface area contributed by atoms with Gasteiger partial charge in [-0.2, -0.15) is 0 Å². The third kappa shape index (κ3) is 6.83. The maximum Gasteiger partial charge on any atom is 0.243 e. The molecular formula is C24H33N3O6S. The summed E-state index contributed by atoms with van der Waals surface area (Å²) in [6.07, 6.45) is 7.05. The van der Waals surface area contributed by atoms with Gasteiger partial charge in [-0.25, -0.2) is 13.1 Å².